The van der Waals surface area contributed by atoms with E-state index in [0.717, 1.165) is 22.2 Å². The van der Waals surface area contributed by atoms with Crippen molar-refractivity contribution in [2.45, 2.75) is 38.2 Å². The summed E-state index contributed by atoms with van der Waals surface area (Å²) in [5, 5.41) is 8.74. The second-order valence-corrected chi connectivity index (χ2v) is 8.16. The van der Waals surface area contributed by atoms with Gasteiger partial charge in [0.2, 0.25) is 5.13 Å². The minimum atomic E-state index is -4.66. The van der Waals surface area contributed by atoms with E-state index in [1.54, 1.807) is 13.8 Å². The van der Waals surface area contributed by atoms with Crippen LogP contribution < -0.4 is 0 Å². The molecule has 3 aromatic rings. The Bertz CT molecular complexity index is 1160. The molecule has 0 aliphatic carbocycles. The lowest BCUT2D eigenvalue weighted by atomic mass is 10.0. The van der Waals surface area contributed by atoms with Gasteiger partial charge < -0.3 is 4.84 Å². The summed E-state index contributed by atoms with van der Waals surface area (Å²) >= 11 is 0.672. The van der Waals surface area contributed by atoms with Crippen molar-refractivity contribution in [1.29, 1.82) is 0 Å². The Labute approximate surface area is 175 Å². The Morgan fingerprint density at radius 1 is 1.06 bits per heavy atom. The Morgan fingerprint density at radius 3 is 2.39 bits per heavy atom. The monoisotopic (exact) mass is 461 g/mol. The van der Waals surface area contributed by atoms with Crippen LogP contribution in [0.2, 0.25) is 0 Å². The minimum Gasteiger partial charge on any atom is -0.389 e. The van der Waals surface area contributed by atoms with Gasteiger partial charge in [0.15, 0.2) is 17.3 Å². The molecule has 0 N–H and O–H groups in total. The van der Waals surface area contributed by atoms with Crippen LogP contribution in [-0.4, -0.2) is 31.1 Å². The van der Waals surface area contributed by atoms with E-state index in [4.69, 9.17) is 4.84 Å². The van der Waals surface area contributed by atoms with Crippen molar-refractivity contribution in [2.75, 3.05) is 0 Å². The number of halogens is 6. The first-order chi connectivity index (χ1) is 14.3. The lowest BCUT2D eigenvalue weighted by molar-refractivity contribution is -0.140. The van der Waals surface area contributed by atoms with E-state index >= 15 is 0 Å². The molecule has 31 heavy (non-hydrogen) atoms. The van der Waals surface area contributed by atoms with Crippen LogP contribution in [0, 0.1) is 0 Å². The number of nitrogens with zero attached hydrogens (tertiary/aromatic N) is 5. The minimum absolute atomic E-state index is 0.0426. The number of rotatable bonds is 3. The molecule has 13 heteroatoms. The molecule has 0 radical (unpaired) electrons. The van der Waals surface area contributed by atoms with Gasteiger partial charge in [0.05, 0.1) is 5.56 Å². The first-order valence-corrected chi connectivity index (χ1v) is 9.65. The zero-order valence-corrected chi connectivity index (χ0v) is 16.7. The van der Waals surface area contributed by atoms with Crippen LogP contribution in [0.15, 0.2) is 34.8 Å². The van der Waals surface area contributed by atoms with Crippen LogP contribution in [-0.2, 0) is 17.2 Å². The third-order valence-electron chi connectivity index (χ3n) is 4.27. The van der Waals surface area contributed by atoms with Gasteiger partial charge in [-0.2, -0.15) is 31.0 Å². The molecule has 4 rings (SSSR count). The molecule has 0 fully saturated rings. The van der Waals surface area contributed by atoms with Crippen LogP contribution in [0.4, 0.5) is 26.3 Å². The van der Waals surface area contributed by atoms with Crippen molar-refractivity contribution in [3.63, 3.8) is 0 Å². The second-order valence-electron chi connectivity index (χ2n) is 7.33. The van der Waals surface area contributed by atoms with Gasteiger partial charge in [0.25, 0.3) is 0 Å². The van der Waals surface area contributed by atoms with Crippen molar-refractivity contribution in [3.8, 4) is 16.5 Å². The molecule has 0 amide bonds. The van der Waals surface area contributed by atoms with Crippen molar-refractivity contribution < 1.29 is 31.2 Å². The average molecular weight is 461 g/mol. The Hall–Kier alpha value is -2.96. The molecular weight excluding hydrogens is 448 g/mol. The number of thiazole rings is 1. The summed E-state index contributed by atoms with van der Waals surface area (Å²) in [5.74, 6) is -0.0710. The fraction of sp³-hybridized carbons (Fsp3) is 0.333. The summed E-state index contributed by atoms with van der Waals surface area (Å²) in [7, 11) is 0. The Morgan fingerprint density at radius 2 is 1.81 bits per heavy atom. The topological polar surface area (TPSA) is 65.2 Å². The normalized spacial score (nSPS) is 16.3. The molecule has 2 aromatic heterocycles. The highest BCUT2D eigenvalue weighted by Gasteiger charge is 2.37. The lowest BCUT2D eigenvalue weighted by Crippen LogP contribution is -2.20. The number of oxime groups is 1. The maximum Gasteiger partial charge on any atom is 0.434 e. The lowest BCUT2D eigenvalue weighted by Gasteiger charge is -2.13. The van der Waals surface area contributed by atoms with Crippen molar-refractivity contribution in [1.82, 2.24) is 19.7 Å². The SMILES string of the molecule is CC1(C)CC(c2nc(-c3cccc(C(F)(F)F)c3)nn2-c2nc(C(F)(F)F)cs2)=NO1. The van der Waals surface area contributed by atoms with Gasteiger partial charge in [-0.05, 0) is 26.0 Å². The van der Waals surface area contributed by atoms with Crippen LogP contribution in [0.1, 0.15) is 37.4 Å². The molecule has 0 saturated carbocycles. The maximum absolute atomic E-state index is 13.1. The van der Waals surface area contributed by atoms with Gasteiger partial charge in [0.1, 0.15) is 11.3 Å². The summed E-state index contributed by atoms with van der Waals surface area (Å²) in [6.07, 6.45) is -8.97. The number of alkyl halides is 6. The predicted molar refractivity (Wildman–Crippen MR) is 98.8 cm³/mol. The van der Waals surface area contributed by atoms with Crippen molar-refractivity contribution in [2.24, 2.45) is 5.16 Å². The van der Waals surface area contributed by atoms with E-state index in [2.05, 4.69) is 20.2 Å². The molecular formula is C18H13F6N5OS. The average Bonchev–Trinajstić information content (AvgIpc) is 3.37. The number of hydrogen-bond acceptors (Lipinski definition) is 6. The zero-order chi connectivity index (χ0) is 22.6. The molecule has 3 heterocycles. The van der Waals surface area contributed by atoms with Crippen LogP contribution >= 0.6 is 11.3 Å². The standard InChI is InChI=1S/C18H13F6N5OS/c1-16(2)7-11(28-30-16)14-26-13(9-4-3-5-10(6-9)17(19,20)21)27-29(14)15-25-12(8-31-15)18(22,23)24/h3-6,8H,7H2,1-2H3. The van der Waals surface area contributed by atoms with Gasteiger partial charge in [0, 0.05) is 17.4 Å². The first kappa shape index (κ1) is 21.3. The third-order valence-corrected chi connectivity index (χ3v) is 5.09. The first-order valence-electron chi connectivity index (χ1n) is 8.77. The molecule has 1 aliphatic heterocycles. The quantitative estimate of drug-likeness (QED) is 0.495. The summed E-state index contributed by atoms with van der Waals surface area (Å²) in [6.45, 7) is 3.51. The highest BCUT2D eigenvalue weighted by atomic mass is 32.1. The number of benzene rings is 1. The third kappa shape index (κ3) is 4.27. The second kappa shape index (κ2) is 7.04. The molecule has 0 atom stereocenters. The van der Waals surface area contributed by atoms with E-state index in [1.807, 2.05) is 0 Å². The fourth-order valence-corrected chi connectivity index (χ4v) is 3.63. The van der Waals surface area contributed by atoms with Gasteiger partial charge in [-0.15, -0.1) is 16.4 Å². The molecule has 1 aliphatic rings. The summed E-state index contributed by atoms with van der Waals surface area (Å²) in [5.41, 5.74) is -2.36. The molecule has 0 unspecified atom stereocenters. The molecule has 1 aromatic carbocycles. The summed E-state index contributed by atoms with van der Waals surface area (Å²) in [6, 6.07) is 4.33. The predicted octanol–water partition coefficient (Wildman–Crippen LogP) is 5.33. The fourth-order valence-electron chi connectivity index (χ4n) is 2.85. The molecule has 164 valence electrons. The van der Waals surface area contributed by atoms with Crippen molar-refractivity contribution in [3.05, 3.63) is 46.7 Å². The van der Waals surface area contributed by atoms with Gasteiger partial charge in [-0.3, -0.25) is 0 Å². The highest BCUT2D eigenvalue weighted by Crippen LogP contribution is 2.34. The zero-order valence-electron chi connectivity index (χ0n) is 15.9. The summed E-state index contributed by atoms with van der Waals surface area (Å²) in [4.78, 5) is 13.1. The van der Waals surface area contributed by atoms with E-state index < -0.39 is 29.2 Å². The maximum atomic E-state index is 13.1. The largest absolute Gasteiger partial charge is 0.434 e. The van der Waals surface area contributed by atoms with E-state index in [-0.39, 0.29) is 28.8 Å². The van der Waals surface area contributed by atoms with E-state index in [1.165, 1.54) is 12.1 Å². The van der Waals surface area contributed by atoms with Gasteiger partial charge >= 0.3 is 12.4 Å². The summed E-state index contributed by atoms with van der Waals surface area (Å²) < 4.78 is 79.3. The smallest absolute Gasteiger partial charge is 0.389 e. The van der Waals surface area contributed by atoms with E-state index in [0.29, 0.717) is 17.0 Å². The molecule has 0 spiro atoms. The van der Waals surface area contributed by atoms with Crippen LogP contribution in [0.5, 0.6) is 0 Å². The number of hydrogen-bond donors (Lipinski definition) is 0. The van der Waals surface area contributed by atoms with E-state index in [9.17, 15) is 26.3 Å². The molecule has 0 bridgehead atoms. The van der Waals surface area contributed by atoms with Crippen LogP contribution in [0.25, 0.3) is 16.5 Å². The van der Waals surface area contributed by atoms with Gasteiger partial charge in [-0.1, -0.05) is 17.3 Å². The Kier molecular flexibility index (Phi) is 4.83. The Balaban J connectivity index is 1.83. The highest BCUT2D eigenvalue weighted by molar-refractivity contribution is 7.12. The van der Waals surface area contributed by atoms with Gasteiger partial charge in [-0.25, -0.2) is 9.97 Å². The molecule has 6 nitrogen and oxygen atoms in total. The van der Waals surface area contributed by atoms with Crippen LogP contribution in [0.3, 0.4) is 0 Å². The molecule has 0 saturated heterocycles. The number of aromatic nitrogens is 4. The van der Waals surface area contributed by atoms with Crippen molar-refractivity contribution >= 4 is 17.0 Å².